The number of methoxy groups -OCH3 is 1. The topological polar surface area (TPSA) is 86.8 Å². The molecule has 0 saturated heterocycles. The van der Waals surface area contributed by atoms with Gasteiger partial charge in [0.25, 0.3) is 0 Å². The fourth-order valence-corrected chi connectivity index (χ4v) is 2.49. The Morgan fingerprint density at radius 3 is 2.71 bits per heavy atom. The van der Waals surface area contributed by atoms with Gasteiger partial charge in [-0.25, -0.2) is 14.6 Å². The van der Waals surface area contributed by atoms with Crippen molar-refractivity contribution in [2.24, 2.45) is 0 Å². The summed E-state index contributed by atoms with van der Waals surface area (Å²) in [7, 11) is 1.54. The van der Waals surface area contributed by atoms with Crippen LogP contribution >= 0.6 is 11.3 Å². The molecule has 0 fully saturated rings. The fraction of sp³-hybridized carbons (Fsp3) is 0.562. The summed E-state index contributed by atoms with van der Waals surface area (Å²) in [5.41, 5.74) is 0.0214. The van der Waals surface area contributed by atoms with Crippen LogP contribution in [0.5, 0.6) is 0 Å². The van der Waals surface area contributed by atoms with Crippen LogP contribution in [0.25, 0.3) is 6.08 Å². The van der Waals surface area contributed by atoms with Gasteiger partial charge in [0.1, 0.15) is 16.7 Å². The summed E-state index contributed by atoms with van der Waals surface area (Å²) in [6.07, 6.45) is 2.34. The molecule has 0 aliphatic rings. The number of nitrogens with zero attached hydrogens (tertiary/aromatic N) is 1. The first-order valence-corrected chi connectivity index (χ1v) is 8.41. The van der Waals surface area contributed by atoms with Crippen molar-refractivity contribution >= 4 is 29.5 Å². The van der Waals surface area contributed by atoms with Crippen LogP contribution in [0.15, 0.2) is 11.5 Å². The van der Waals surface area contributed by atoms with Gasteiger partial charge in [0.2, 0.25) is 0 Å². The lowest BCUT2D eigenvalue weighted by Gasteiger charge is -2.22. The highest BCUT2D eigenvalue weighted by Crippen LogP contribution is 2.20. The predicted octanol–water partition coefficient (Wildman–Crippen LogP) is 2.93. The van der Waals surface area contributed by atoms with Crippen molar-refractivity contribution < 1.29 is 23.8 Å². The van der Waals surface area contributed by atoms with E-state index in [4.69, 9.17) is 14.2 Å². The lowest BCUT2D eigenvalue weighted by atomic mass is 10.2. The smallest absolute Gasteiger partial charge is 0.408 e. The van der Waals surface area contributed by atoms with E-state index in [0.29, 0.717) is 17.3 Å². The summed E-state index contributed by atoms with van der Waals surface area (Å²) in [5.74, 6) is -0.424. The van der Waals surface area contributed by atoms with Gasteiger partial charge in [0, 0.05) is 18.6 Å². The van der Waals surface area contributed by atoms with E-state index in [2.05, 4.69) is 10.3 Å². The second-order valence-corrected chi connectivity index (χ2v) is 6.74. The van der Waals surface area contributed by atoms with Gasteiger partial charge in [0.05, 0.1) is 18.9 Å². The van der Waals surface area contributed by atoms with E-state index in [1.54, 1.807) is 46.3 Å². The van der Waals surface area contributed by atoms with E-state index >= 15 is 0 Å². The SMILES string of the molecule is CCOC(=O)/C=C\c1csc([C@H](COC)NC(=O)OC(C)(C)C)n1. The number of hydrogen-bond donors (Lipinski definition) is 1. The van der Waals surface area contributed by atoms with Gasteiger partial charge >= 0.3 is 12.1 Å². The third-order valence-electron chi connectivity index (χ3n) is 2.54. The van der Waals surface area contributed by atoms with Crippen LogP contribution in [0.1, 0.15) is 44.4 Å². The van der Waals surface area contributed by atoms with Gasteiger partial charge in [-0.1, -0.05) is 0 Å². The van der Waals surface area contributed by atoms with Crippen molar-refractivity contribution in [3.8, 4) is 0 Å². The lowest BCUT2D eigenvalue weighted by Crippen LogP contribution is -2.36. The van der Waals surface area contributed by atoms with Crippen molar-refractivity contribution in [1.29, 1.82) is 0 Å². The summed E-state index contributed by atoms with van der Waals surface area (Å²) in [6.45, 7) is 7.69. The Bertz CT molecular complexity index is 577. The molecule has 0 aliphatic carbocycles. The molecule has 134 valence electrons. The Morgan fingerprint density at radius 2 is 2.12 bits per heavy atom. The normalized spacial score (nSPS) is 12.9. The second-order valence-electron chi connectivity index (χ2n) is 5.85. The van der Waals surface area contributed by atoms with Crippen LogP contribution in [0.4, 0.5) is 4.79 Å². The van der Waals surface area contributed by atoms with E-state index < -0.39 is 23.7 Å². The standard InChI is InChI=1S/C16H24N2O5S/c1-6-22-13(19)8-7-11-10-24-14(17-11)12(9-21-5)18-15(20)23-16(2,3)4/h7-8,10,12H,6,9H2,1-5H3,(H,18,20)/b8-7-/t12-/m0/s1. The molecule has 8 heteroatoms. The monoisotopic (exact) mass is 356 g/mol. The van der Waals surface area contributed by atoms with Gasteiger partial charge < -0.3 is 19.5 Å². The highest BCUT2D eigenvalue weighted by molar-refractivity contribution is 7.09. The molecular weight excluding hydrogens is 332 g/mol. The summed E-state index contributed by atoms with van der Waals surface area (Å²) >= 11 is 1.36. The van der Waals surface area contributed by atoms with Crippen molar-refractivity contribution in [1.82, 2.24) is 10.3 Å². The maximum absolute atomic E-state index is 11.9. The Balaban J connectivity index is 2.76. The molecule has 1 aromatic heterocycles. The molecule has 1 heterocycles. The van der Waals surface area contributed by atoms with E-state index in [1.807, 2.05) is 0 Å². The van der Waals surface area contributed by atoms with E-state index in [9.17, 15) is 9.59 Å². The molecule has 1 atom stereocenters. The molecule has 0 unspecified atom stereocenters. The van der Waals surface area contributed by atoms with Crippen molar-refractivity contribution in [3.05, 3.63) is 22.2 Å². The number of alkyl carbamates (subject to hydrolysis) is 1. The second kappa shape index (κ2) is 9.39. The first-order chi connectivity index (χ1) is 11.2. The minimum absolute atomic E-state index is 0.258. The van der Waals surface area contributed by atoms with Crippen LogP contribution in [-0.2, 0) is 19.0 Å². The summed E-state index contributed by atoms with van der Waals surface area (Å²) in [6, 6.07) is -0.431. The maximum Gasteiger partial charge on any atom is 0.408 e. The molecule has 24 heavy (non-hydrogen) atoms. The average Bonchev–Trinajstić information content (AvgIpc) is 2.92. The van der Waals surface area contributed by atoms with Crippen LogP contribution in [-0.4, -0.2) is 43.0 Å². The van der Waals surface area contributed by atoms with Gasteiger partial charge in [-0.2, -0.15) is 0 Å². The highest BCUT2D eigenvalue weighted by Gasteiger charge is 2.22. The average molecular weight is 356 g/mol. The van der Waals surface area contributed by atoms with E-state index in [1.165, 1.54) is 17.4 Å². The molecule has 0 aromatic carbocycles. The number of carbonyl (C=O) groups is 2. The van der Waals surface area contributed by atoms with Crippen molar-refractivity contribution in [2.45, 2.75) is 39.3 Å². The number of hydrogen-bond acceptors (Lipinski definition) is 7. The molecule has 0 aliphatic heterocycles. The fourth-order valence-electron chi connectivity index (χ4n) is 1.67. The van der Waals surface area contributed by atoms with Crippen LogP contribution in [0.2, 0.25) is 0 Å². The first-order valence-electron chi connectivity index (χ1n) is 7.54. The lowest BCUT2D eigenvalue weighted by molar-refractivity contribution is -0.137. The van der Waals surface area contributed by atoms with Crippen LogP contribution in [0.3, 0.4) is 0 Å². The zero-order valence-electron chi connectivity index (χ0n) is 14.6. The number of nitrogens with one attached hydrogen (secondary N) is 1. The van der Waals surface area contributed by atoms with Crippen molar-refractivity contribution in [3.63, 3.8) is 0 Å². The molecule has 1 rings (SSSR count). The molecule has 1 aromatic rings. The Labute approximate surface area is 146 Å². The van der Waals surface area contributed by atoms with Gasteiger partial charge in [-0.05, 0) is 33.8 Å². The van der Waals surface area contributed by atoms with Crippen LogP contribution < -0.4 is 5.32 Å². The van der Waals surface area contributed by atoms with Crippen molar-refractivity contribution in [2.75, 3.05) is 20.3 Å². The minimum atomic E-state index is -0.585. The van der Waals surface area contributed by atoms with E-state index in [-0.39, 0.29) is 6.61 Å². The number of thiazole rings is 1. The summed E-state index contributed by atoms with van der Waals surface area (Å²) in [4.78, 5) is 27.6. The molecule has 1 amide bonds. The number of ether oxygens (including phenoxy) is 3. The molecule has 7 nitrogen and oxygen atoms in total. The maximum atomic E-state index is 11.9. The van der Waals surface area contributed by atoms with Crippen LogP contribution in [0, 0.1) is 0 Å². The first kappa shape index (κ1) is 20.1. The number of aromatic nitrogens is 1. The zero-order valence-corrected chi connectivity index (χ0v) is 15.4. The Kier molecular flexibility index (Phi) is 7.87. The molecule has 0 saturated carbocycles. The molecular formula is C16H24N2O5S. The van der Waals surface area contributed by atoms with Gasteiger partial charge in [-0.15, -0.1) is 11.3 Å². The van der Waals surface area contributed by atoms with Gasteiger partial charge in [-0.3, -0.25) is 0 Å². The van der Waals surface area contributed by atoms with Gasteiger partial charge in [0.15, 0.2) is 0 Å². The predicted molar refractivity (Wildman–Crippen MR) is 91.8 cm³/mol. The largest absolute Gasteiger partial charge is 0.463 e. The Morgan fingerprint density at radius 1 is 1.42 bits per heavy atom. The van der Waals surface area contributed by atoms with E-state index in [0.717, 1.165) is 0 Å². The zero-order chi connectivity index (χ0) is 18.2. The Hall–Kier alpha value is -1.93. The quantitative estimate of drug-likeness (QED) is 0.597. The highest BCUT2D eigenvalue weighted by atomic mass is 32.1. The number of amides is 1. The summed E-state index contributed by atoms with van der Waals surface area (Å²) in [5, 5.41) is 5.18. The number of carbonyl (C=O) groups excluding carboxylic acids is 2. The third-order valence-corrected chi connectivity index (χ3v) is 3.52. The minimum Gasteiger partial charge on any atom is -0.463 e. The summed E-state index contributed by atoms with van der Waals surface area (Å²) < 4.78 is 15.2. The molecule has 0 spiro atoms. The molecule has 0 radical (unpaired) electrons. The number of esters is 1. The number of rotatable bonds is 7. The third kappa shape index (κ3) is 7.56. The molecule has 0 bridgehead atoms. The molecule has 1 N–H and O–H groups in total.